The highest BCUT2D eigenvalue weighted by molar-refractivity contribution is 14.0. The summed E-state index contributed by atoms with van der Waals surface area (Å²) in [5, 5.41) is 6.66. The highest BCUT2D eigenvalue weighted by Gasteiger charge is 2.23. The predicted molar refractivity (Wildman–Crippen MR) is 124 cm³/mol. The number of halogens is 1. The Morgan fingerprint density at radius 3 is 2.04 bits per heavy atom. The molecule has 0 aromatic heterocycles. The van der Waals surface area contributed by atoms with Crippen molar-refractivity contribution in [3.8, 4) is 0 Å². The van der Waals surface area contributed by atoms with Gasteiger partial charge in [-0.3, -0.25) is 14.7 Å². The molecule has 1 unspecified atom stereocenters. The van der Waals surface area contributed by atoms with Crippen LogP contribution in [-0.2, 0) is 4.79 Å². The van der Waals surface area contributed by atoms with Crippen LogP contribution >= 0.6 is 24.0 Å². The number of hydrogen-bond acceptors (Lipinski definition) is 3. The van der Waals surface area contributed by atoms with Crippen molar-refractivity contribution in [2.45, 2.75) is 64.8 Å². The molecule has 158 valence electrons. The number of hydrogen-bond donors (Lipinski definition) is 2. The molecule has 27 heavy (non-hydrogen) atoms. The Morgan fingerprint density at radius 1 is 0.926 bits per heavy atom. The van der Waals surface area contributed by atoms with Gasteiger partial charge < -0.3 is 15.5 Å². The zero-order valence-electron chi connectivity index (χ0n) is 17.5. The van der Waals surface area contributed by atoms with Crippen molar-refractivity contribution in [3.05, 3.63) is 0 Å². The largest absolute Gasteiger partial charge is 0.355 e. The fraction of sp³-hybridized carbons (Fsp3) is 0.900. The van der Waals surface area contributed by atoms with Gasteiger partial charge in [-0.15, -0.1) is 24.0 Å². The molecule has 2 fully saturated rings. The van der Waals surface area contributed by atoms with E-state index in [2.05, 4.69) is 34.4 Å². The number of amides is 1. The molecule has 1 atom stereocenters. The van der Waals surface area contributed by atoms with Crippen LogP contribution in [0.5, 0.6) is 0 Å². The lowest BCUT2D eigenvalue weighted by Crippen LogP contribution is -2.51. The van der Waals surface area contributed by atoms with Gasteiger partial charge >= 0.3 is 0 Å². The summed E-state index contributed by atoms with van der Waals surface area (Å²) in [6.07, 6.45) is 8.83. The van der Waals surface area contributed by atoms with Gasteiger partial charge in [0.2, 0.25) is 5.91 Å². The lowest BCUT2D eigenvalue weighted by molar-refractivity contribution is -0.130. The first kappa shape index (κ1) is 24.5. The van der Waals surface area contributed by atoms with Gasteiger partial charge in [-0.1, -0.05) is 26.7 Å². The highest BCUT2D eigenvalue weighted by atomic mass is 127. The summed E-state index contributed by atoms with van der Waals surface area (Å²) in [7, 11) is 1.77. The topological polar surface area (TPSA) is 60.0 Å². The molecule has 0 aromatic carbocycles. The van der Waals surface area contributed by atoms with E-state index in [1.165, 1.54) is 45.2 Å². The zero-order valence-corrected chi connectivity index (χ0v) is 19.8. The fourth-order valence-electron chi connectivity index (χ4n) is 4.05. The molecule has 0 radical (unpaired) electrons. The average Bonchev–Trinajstić information content (AvgIpc) is 2.94. The molecule has 0 bridgehead atoms. The molecule has 2 rings (SSSR count). The van der Waals surface area contributed by atoms with Crippen LogP contribution in [0.25, 0.3) is 0 Å². The quantitative estimate of drug-likeness (QED) is 0.340. The maximum atomic E-state index is 12.3. The summed E-state index contributed by atoms with van der Waals surface area (Å²) < 4.78 is 0. The monoisotopic (exact) mass is 493 g/mol. The molecule has 1 amide bonds. The summed E-state index contributed by atoms with van der Waals surface area (Å²) in [6, 6.07) is 0.504. The Labute approximate surface area is 182 Å². The van der Waals surface area contributed by atoms with E-state index >= 15 is 0 Å². The molecular weight excluding hydrogens is 453 g/mol. The Kier molecular flexibility index (Phi) is 12.3. The molecule has 2 heterocycles. The van der Waals surface area contributed by atoms with Crippen LogP contribution in [0.4, 0.5) is 0 Å². The molecule has 2 N–H and O–H groups in total. The number of guanidine groups is 1. The van der Waals surface area contributed by atoms with Crippen LogP contribution in [0.15, 0.2) is 4.99 Å². The number of nitrogens with one attached hydrogen (secondary N) is 2. The predicted octanol–water partition coefficient (Wildman–Crippen LogP) is 2.68. The van der Waals surface area contributed by atoms with Gasteiger partial charge in [0.05, 0.1) is 6.54 Å². The van der Waals surface area contributed by atoms with E-state index in [1.807, 2.05) is 4.90 Å². The molecule has 2 saturated heterocycles. The van der Waals surface area contributed by atoms with Gasteiger partial charge in [0.15, 0.2) is 5.96 Å². The Hall–Kier alpha value is -0.570. The van der Waals surface area contributed by atoms with Crippen molar-refractivity contribution >= 4 is 35.8 Å². The minimum atomic E-state index is 0. The number of aliphatic imine (C=N–C) groups is 1. The van der Waals surface area contributed by atoms with E-state index < -0.39 is 0 Å². The summed E-state index contributed by atoms with van der Waals surface area (Å²) in [6.45, 7) is 9.99. The zero-order chi connectivity index (χ0) is 18.8. The third-order valence-corrected chi connectivity index (χ3v) is 5.70. The first-order valence-electron chi connectivity index (χ1n) is 10.6. The molecule has 0 saturated carbocycles. The Balaban J connectivity index is 0.00000364. The van der Waals surface area contributed by atoms with Crippen LogP contribution in [0, 0.1) is 5.92 Å². The highest BCUT2D eigenvalue weighted by Crippen LogP contribution is 2.17. The number of piperidine rings is 1. The molecule has 7 heteroatoms. The summed E-state index contributed by atoms with van der Waals surface area (Å²) in [5.41, 5.74) is 0. The van der Waals surface area contributed by atoms with E-state index in [-0.39, 0.29) is 29.9 Å². The van der Waals surface area contributed by atoms with Gasteiger partial charge in [-0.2, -0.15) is 0 Å². The van der Waals surface area contributed by atoms with Gasteiger partial charge in [-0.25, -0.2) is 0 Å². The lowest BCUT2D eigenvalue weighted by Gasteiger charge is -2.34. The minimum absolute atomic E-state index is 0. The van der Waals surface area contributed by atoms with Crippen molar-refractivity contribution in [2.24, 2.45) is 10.9 Å². The van der Waals surface area contributed by atoms with Crippen LogP contribution in [0.3, 0.4) is 0 Å². The van der Waals surface area contributed by atoms with Crippen LogP contribution in [0.2, 0.25) is 0 Å². The maximum Gasteiger partial charge on any atom is 0.241 e. The number of likely N-dealkylation sites (tertiary alicyclic amines) is 2. The first-order chi connectivity index (χ1) is 12.6. The summed E-state index contributed by atoms with van der Waals surface area (Å²) in [5.74, 6) is 1.50. The number of nitrogens with zero attached hydrogens (tertiary/aromatic N) is 3. The number of carbonyl (C=O) groups is 1. The van der Waals surface area contributed by atoms with E-state index in [1.54, 1.807) is 7.05 Å². The van der Waals surface area contributed by atoms with Crippen LogP contribution in [-0.4, -0.2) is 74.0 Å². The molecule has 2 aliphatic heterocycles. The summed E-state index contributed by atoms with van der Waals surface area (Å²) in [4.78, 5) is 21.2. The van der Waals surface area contributed by atoms with Crippen LogP contribution in [0.1, 0.15) is 58.8 Å². The number of carbonyl (C=O) groups excluding carboxylic acids is 1. The summed E-state index contributed by atoms with van der Waals surface area (Å²) >= 11 is 0. The molecule has 6 nitrogen and oxygen atoms in total. The fourth-order valence-corrected chi connectivity index (χ4v) is 4.05. The van der Waals surface area contributed by atoms with E-state index in [0.717, 1.165) is 38.4 Å². The van der Waals surface area contributed by atoms with Gasteiger partial charge in [0, 0.05) is 32.7 Å². The Morgan fingerprint density at radius 2 is 1.48 bits per heavy atom. The normalized spacial score (nSPS) is 20.6. The van der Waals surface area contributed by atoms with E-state index in [0.29, 0.717) is 18.5 Å². The molecular formula is C20H40IN5O. The first-order valence-corrected chi connectivity index (χ1v) is 10.6. The van der Waals surface area contributed by atoms with Crippen molar-refractivity contribution < 1.29 is 4.79 Å². The lowest BCUT2D eigenvalue weighted by atomic mass is 10.0. The molecule has 0 aromatic rings. The molecule has 0 aliphatic carbocycles. The Bertz CT molecular complexity index is 444. The SMILES string of the molecule is CN=C(NCC(=O)N1CCCCC1)NCC(C(C)C)N1CCCCCC1.I. The second-order valence-corrected chi connectivity index (χ2v) is 8.01. The smallest absolute Gasteiger partial charge is 0.241 e. The second kappa shape index (κ2) is 13.6. The standard InChI is InChI=1S/C20H39N5O.HI/c1-17(2)18(24-11-7-4-5-8-12-24)15-22-20(21-3)23-16-19(26)25-13-9-6-10-14-25;/h17-18H,4-16H2,1-3H3,(H2,21,22,23);1H. The third kappa shape index (κ3) is 8.54. The van der Waals surface area contributed by atoms with Crippen molar-refractivity contribution in [1.29, 1.82) is 0 Å². The van der Waals surface area contributed by atoms with E-state index in [4.69, 9.17) is 0 Å². The second-order valence-electron chi connectivity index (χ2n) is 8.01. The van der Waals surface area contributed by atoms with Crippen molar-refractivity contribution in [1.82, 2.24) is 20.4 Å². The van der Waals surface area contributed by atoms with Gasteiger partial charge in [-0.05, 0) is 51.1 Å². The third-order valence-electron chi connectivity index (χ3n) is 5.70. The van der Waals surface area contributed by atoms with Gasteiger partial charge in [0.1, 0.15) is 0 Å². The average molecular weight is 493 g/mol. The minimum Gasteiger partial charge on any atom is -0.355 e. The number of rotatable bonds is 6. The van der Waals surface area contributed by atoms with Crippen LogP contribution < -0.4 is 10.6 Å². The molecule has 2 aliphatic rings. The van der Waals surface area contributed by atoms with E-state index in [9.17, 15) is 4.79 Å². The maximum absolute atomic E-state index is 12.3. The van der Waals surface area contributed by atoms with Crippen molar-refractivity contribution in [2.75, 3.05) is 46.3 Å². The van der Waals surface area contributed by atoms with Crippen molar-refractivity contribution in [3.63, 3.8) is 0 Å². The van der Waals surface area contributed by atoms with Gasteiger partial charge in [0.25, 0.3) is 0 Å². The molecule has 0 spiro atoms.